The molecule has 2 rings (SSSR count). The van der Waals surface area contributed by atoms with Gasteiger partial charge in [0.1, 0.15) is 13.2 Å². The summed E-state index contributed by atoms with van der Waals surface area (Å²) < 4.78 is 15.4. The van der Waals surface area contributed by atoms with E-state index in [0.717, 1.165) is 28.8 Å². The maximum Gasteiger partial charge on any atom is 0.338 e. The van der Waals surface area contributed by atoms with Crippen molar-refractivity contribution in [2.75, 3.05) is 20.3 Å². The Morgan fingerprint density at radius 1 is 1.19 bits per heavy atom. The molecule has 1 aromatic rings. The van der Waals surface area contributed by atoms with Gasteiger partial charge in [0, 0.05) is 18.6 Å². The molecular formula is C20H25NO5. The highest BCUT2D eigenvalue weighted by Gasteiger charge is 2.25. The van der Waals surface area contributed by atoms with E-state index in [1.54, 1.807) is 6.07 Å². The van der Waals surface area contributed by atoms with E-state index in [2.05, 4.69) is 4.99 Å². The Morgan fingerprint density at radius 3 is 2.58 bits per heavy atom. The van der Waals surface area contributed by atoms with E-state index >= 15 is 0 Å². The standard InChI is InChI=1S/C20H25NO5/c1-12-11-18(14(3)21-19(12)26-10-9-25-15(4)22)16-7-6-8-17(13(16)2)20(23)24-5/h6-8,18H,9-11H2,1-5H3. The first-order chi connectivity index (χ1) is 12.3. The van der Waals surface area contributed by atoms with Gasteiger partial charge in [-0.05, 0) is 50.0 Å². The van der Waals surface area contributed by atoms with Crippen LogP contribution in [0.25, 0.3) is 0 Å². The fourth-order valence-corrected chi connectivity index (χ4v) is 3.05. The van der Waals surface area contributed by atoms with Crippen LogP contribution in [0.2, 0.25) is 0 Å². The summed E-state index contributed by atoms with van der Waals surface area (Å²) in [6.45, 7) is 7.69. The molecule has 6 heteroatoms. The van der Waals surface area contributed by atoms with Crippen molar-refractivity contribution in [3.63, 3.8) is 0 Å². The average molecular weight is 359 g/mol. The molecule has 1 heterocycles. The summed E-state index contributed by atoms with van der Waals surface area (Å²) in [4.78, 5) is 27.3. The minimum absolute atomic E-state index is 0.0837. The summed E-state index contributed by atoms with van der Waals surface area (Å²) in [5, 5.41) is 0. The number of esters is 2. The van der Waals surface area contributed by atoms with Crippen LogP contribution in [0.15, 0.2) is 34.6 Å². The highest BCUT2D eigenvalue weighted by Crippen LogP contribution is 2.34. The van der Waals surface area contributed by atoms with Gasteiger partial charge in [0.15, 0.2) is 0 Å². The van der Waals surface area contributed by atoms with Crippen molar-refractivity contribution in [2.24, 2.45) is 4.99 Å². The number of carbonyl (C=O) groups is 2. The second kappa shape index (κ2) is 8.65. The molecule has 1 atom stereocenters. The first kappa shape index (κ1) is 19.7. The summed E-state index contributed by atoms with van der Waals surface area (Å²) in [5.74, 6) is -0.00623. The summed E-state index contributed by atoms with van der Waals surface area (Å²) >= 11 is 0. The number of aliphatic imine (C=N–C) groups is 1. The van der Waals surface area contributed by atoms with E-state index in [0.29, 0.717) is 11.4 Å². The van der Waals surface area contributed by atoms with E-state index in [-0.39, 0.29) is 31.1 Å². The van der Waals surface area contributed by atoms with Crippen molar-refractivity contribution in [1.82, 2.24) is 0 Å². The molecule has 0 fully saturated rings. The number of nitrogens with zero attached hydrogens (tertiary/aromatic N) is 1. The molecule has 1 aliphatic rings. The molecule has 6 nitrogen and oxygen atoms in total. The third-order valence-corrected chi connectivity index (χ3v) is 4.44. The molecule has 0 amide bonds. The Labute approximate surface area is 153 Å². The van der Waals surface area contributed by atoms with Crippen LogP contribution in [0.3, 0.4) is 0 Å². The van der Waals surface area contributed by atoms with Crippen LogP contribution in [0, 0.1) is 6.92 Å². The summed E-state index contributed by atoms with van der Waals surface area (Å²) in [7, 11) is 1.38. The largest absolute Gasteiger partial charge is 0.474 e. The Hall–Kier alpha value is -2.63. The van der Waals surface area contributed by atoms with Gasteiger partial charge in [0.05, 0.1) is 12.7 Å². The van der Waals surface area contributed by atoms with Crippen molar-refractivity contribution in [3.05, 3.63) is 46.3 Å². The lowest BCUT2D eigenvalue weighted by atomic mass is 9.83. The predicted octanol–water partition coefficient (Wildman–Crippen LogP) is 3.54. The normalized spacial score (nSPS) is 16.8. The number of hydrogen-bond donors (Lipinski definition) is 0. The fourth-order valence-electron chi connectivity index (χ4n) is 3.05. The minimum Gasteiger partial charge on any atom is -0.474 e. The smallest absolute Gasteiger partial charge is 0.338 e. The van der Waals surface area contributed by atoms with Gasteiger partial charge >= 0.3 is 11.9 Å². The molecule has 0 radical (unpaired) electrons. The Kier molecular flexibility index (Phi) is 6.55. The van der Waals surface area contributed by atoms with E-state index in [9.17, 15) is 9.59 Å². The van der Waals surface area contributed by atoms with E-state index in [4.69, 9.17) is 14.2 Å². The van der Waals surface area contributed by atoms with Gasteiger partial charge in [0.2, 0.25) is 5.88 Å². The molecule has 0 aliphatic carbocycles. The molecule has 0 N–H and O–H groups in total. The van der Waals surface area contributed by atoms with Crippen LogP contribution < -0.4 is 0 Å². The van der Waals surface area contributed by atoms with Gasteiger partial charge in [-0.2, -0.15) is 0 Å². The third-order valence-electron chi connectivity index (χ3n) is 4.44. The molecule has 0 saturated heterocycles. The van der Waals surface area contributed by atoms with Gasteiger partial charge in [0.25, 0.3) is 0 Å². The van der Waals surface area contributed by atoms with Crippen molar-refractivity contribution in [2.45, 2.75) is 40.0 Å². The maximum absolute atomic E-state index is 11.9. The SMILES string of the molecule is COC(=O)c1cccc(C2CC(C)=C(OCCOC(C)=O)N=C2C)c1C. The predicted molar refractivity (Wildman–Crippen MR) is 98.3 cm³/mol. The number of allylic oxidation sites excluding steroid dienone is 1. The molecular weight excluding hydrogens is 334 g/mol. The lowest BCUT2D eigenvalue weighted by Gasteiger charge is -2.26. The van der Waals surface area contributed by atoms with E-state index in [1.807, 2.05) is 32.9 Å². The fraction of sp³-hybridized carbons (Fsp3) is 0.450. The number of benzene rings is 1. The van der Waals surface area contributed by atoms with Gasteiger partial charge in [-0.25, -0.2) is 9.79 Å². The first-order valence-electron chi connectivity index (χ1n) is 8.54. The number of ether oxygens (including phenoxy) is 3. The molecule has 0 saturated carbocycles. The Bertz CT molecular complexity index is 763. The number of methoxy groups -OCH3 is 1. The lowest BCUT2D eigenvalue weighted by molar-refractivity contribution is -0.142. The number of carbonyl (C=O) groups excluding carboxylic acids is 2. The van der Waals surface area contributed by atoms with E-state index in [1.165, 1.54) is 14.0 Å². The van der Waals surface area contributed by atoms with Crippen LogP contribution in [0.1, 0.15) is 54.6 Å². The Balaban J connectivity index is 2.17. The summed E-state index contributed by atoms with van der Waals surface area (Å²) in [6, 6.07) is 5.66. The quantitative estimate of drug-likeness (QED) is 0.574. The molecule has 1 aromatic carbocycles. The lowest BCUT2D eigenvalue weighted by Crippen LogP contribution is -2.19. The van der Waals surface area contributed by atoms with Gasteiger partial charge in [-0.1, -0.05) is 12.1 Å². The molecule has 26 heavy (non-hydrogen) atoms. The van der Waals surface area contributed by atoms with Crippen molar-refractivity contribution >= 4 is 17.7 Å². The van der Waals surface area contributed by atoms with Crippen molar-refractivity contribution in [3.8, 4) is 0 Å². The monoisotopic (exact) mass is 359 g/mol. The molecule has 1 aliphatic heterocycles. The molecule has 0 aromatic heterocycles. The average Bonchev–Trinajstić information content (AvgIpc) is 2.60. The molecule has 140 valence electrons. The molecule has 0 bridgehead atoms. The zero-order valence-electron chi connectivity index (χ0n) is 15.9. The van der Waals surface area contributed by atoms with Crippen LogP contribution in [0.5, 0.6) is 0 Å². The van der Waals surface area contributed by atoms with Gasteiger partial charge in [-0.15, -0.1) is 0 Å². The zero-order chi connectivity index (χ0) is 19.3. The Morgan fingerprint density at radius 2 is 1.92 bits per heavy atom. The third kappa shape index (κ3) is 4.50. The van der Waals surface area contributed by atoms with Crippen molar-refractivity contribution in [1.29, 1.82) is 0 Å². The minimum atomic E-state index is -0.337. The number of rotatable bonds is 6. The van der Waals surface area contributed by atoms with Crippen LogP contribution >= 0.6 is 0 Å². The van der Waals surface area contributed by atoms with Crippen LogP contribution in [-0.2, 0) is 19.0 Å². The van der Waals surface area contributed by atoms with Crippen LogP contribution in [-0.4, -0.2) is 38.0 Å². The van der Waals surface area contributed by atoms with Crippen LogP contribution in [0.4, 0.5) is 0 Å². The maximum atomic E-state index is 11.9. The molecule has 1 unspecified atom stereocenters. The highest BCUT2D eigenvalue weighted by molar-refractivity contribution is 5.94. The van der Waals surface area contributed by atoms with Gasteiger partial charge in [-0.3, -0.25) is 4.79 Å². The summed E-state index contributed by atoms with van der Waals surface area (Å²) in [5.41, 5.74) is 4.48. The highest BCUT2D eigenvalue weighted by atomic mass is 16.6. The van der Waals surface area contributed by atoms with E-state index < -0.39 is 0 Å². The second-order valence-electron chi connectivity index (χ2n) is 6.30. The number of hydrogen-bond acceptors (Lipinski definition) is 6. The topological polar surface area (TPSA) is 74.2 Å². The van der Waals surface area contributed by atoms with Gasteiger partial charge < -0.3 is 14.2 Å². The van der Waals surface area contributed by atoms with Crippen molar-refractivity contribution < 1.29 is 23.8 Å². The molecule has 0 spiro atoms. The first-order valence-corrected chi connectivity index (χ1v) is 8.54. The second-order valence-corrected chi connectivity index (χ2v) is 6.30. The zero-order valence-corrected chi connectivity index (χ0v) is 15.9. The summed E-state index contributed by atoms with van der Waals surface area (Å²) in [6.07, 6.45) is 0.754.